The van der Waals surface area contributed by atoms with Gasteiger partial charge in [-0.3, -0.25) is 4.90 Å². The number of carbonyl (C=O) groups is 1. The van der Waals surface area contributed by atoms with Crippen LogP contribution in [0.2, 0.25) is 0 Å². The van der Waals surface area contributed by atoms with Crippen molar-refractivity contribution >= 4 is 6.09 Å². The number of nitrogens with zero attached hydrogens (tertiary/aromatic N) is 1. The highest BCUT2D eigenvalue weighted by Gasteiger charge is 2.77. The lowest BCUT2D eigenvalue weighted by atomic mass is 9.83. The van der Waals surface area contributed by atoms with Gasteiger partial charge in [-0.15, -0.1) is 0 Å². The van der Waals surface area contributed by atoms with E-state index in [1.54, 1.807) is 4.90 Å². The van der Waals surface area contributed by atoms with E-state index in [0.717, 1.165) is 6.42 Å². The zero-order valence-electron chi connectivity index (χ0n) is 8.01. The van der Waals surface area contributed by atoms with Crippen LogP contribution in [0, 0.1) is 5.92 Å². The molecule has 1 spiro atoms. The molecule has 1 N–H and O–H groups in total. The molecule has 76 valence electrons. The van der Waals surface area contributed by atoms with Crippen molar-refractivity contribution in [1.82, 2.24) is 4.90 Å². The van der Waals surface area contributed by atoms with Crippen molar-refractivity contribution in [3.63, 3.8) is 0 Å². The Kier molecular flexibility index (Phi) is 1.37. The predicted molar refractivity (Wildman–Crippen MR) is 49.0 cm³/mol. The smallest absolute Gasteiger partial charge is 0.408 e. The molecule has 4 atom stereocenters. The van der Waals surface area contributed by atoms with Crippen molar-refractivity contribution in [2.45, 2.75) is 31.0 Å². The first-order valence-electron chi connectivity index (χ1n) is 5.05. The summed E-state index contributed by atoms with van der Waals surface area (Å²) < 4.78 is 5.57. The number of piperidine rings is 1. The number of hydrogen-bond acceptors (Lipinski definition) is 2. The van der Waals surface area contributed by atoms with E-state index in [0.29, 0.717) is 12.5 Å². The summed E-state index contributed by atoms with van der Waals surface area (Å²) in [5.41, 5.74) is -0.161. The molecule has 0 aromatic rings. The lowest BCUT2D eigenvalue weighted by Gasteiger charge is -2.27. The Hall–Kier alpha value is -1.03. The zero-order valence-corrected chi connectivity index (χ0v) is 8.01. The molecular weight excluding hydrogens is 182 g/mol. The second-order valence-corrected chi connectivity index (χ2v) is 4.18. The summed E-state index contributed by atoms with van der Waals surface area (Å²) in [7, 11) is 0. The average Bonchev–Trinajstić information content (AvgIpc) is 2.77. The quantitative estimate of drug-likeness (QED) is 0.530. The van der Waals surface area contributed by atoms with Crippen molar-refractivity contribution in [3.05, 3.63) is 12.2 Å². The zero-order chi connectivity index (χ0) is 9.92. The molecule has 1 amide bonds. The lowest BCUT2D eigenvalue weighted by molar-refractivity contribution is 0.0453. The van der Waals surface area contributed by atoms with Crippen molar-refractivity contribution < 1.29 is 14.6 Å². The molecule has 3 aliphatic rings. The molecule has 2 aliphatic carbocycles. The van der Waals surface area contributed by atoms with Crippen LogP contribution in [-0.2, 0) is 4.74 Å². The summed E-state index contributed by atoms with van der Waals surface area (Å²) in [5, 5.41) is 9.00. The second-order valence-electron chi connectivity index (χ2n) is 4.18. The highest BCUT2D eigenvalue weighted by atomic mass is 16.5. The minimum atomic E-state index is -0.811. The van der Waals surface area contributed by atoms with Gasteiger partial charge in [0.2, 0.25) is 0 Å². The largest absolute Gasteiger partial charge is 0.465 e. The number of amides is 1. The molecule has 2 fully saturated rings. The standard InChI is InChI=1S/C10H13NO3/c1-2-14-7-5-6-3-4-10(6)8(7)11(10)9(12)13/h3-4,6-8H,2,5H2,1H3,(H,12,13). The van der Waals surface area contributed by atoms with Gasteiger partial charge in [0, 0.05) is 12.5 Å². The van der Waals surface area contributed by atoms with E-state index in [-0.39, 0.29) is 17.7 Å². The van der Waals surface area contributed by atoms with Crippen LogP contribution in [0.3, 0.4) is 0 Å². The van der Waals surface area contributed by atoms with E-state index in [1.165, 1.54) is 0 Å². The molecule has 0 radical (unpaired) electrons. The van der Waals surface area contributed by atoms with E-state index < -0.39 is 6.09 Å². The third-order valence-electron chi connectivity index (χ3n) is 3.72. The van der Waals surface area contributed by atoms with Gasteiger partial charge in [-0.05, 0) is 13.3 Å². The minimum absolute atomic E-state index is 0.0925. The van der Waals surface area contributed by atoms with Crippen LogP contribution in [0.1, 0.15) is 13.3 Å². The molecule has 4 nitrogen and oxygen atoms in total. The summed E-state index contributed by atoms with van der Waals surface area (Å²) in [6.07, 6.45) is 4.41. The Morgan fingerprint density at radius 1 is 1.79 bits per heavy atom. The molecule has 1 saturated heterocycles. The van der Waals surface area contributed by atoms with E-state index in [9.17, 15) is 4.79 Å². The third kappa shape index (κ3) is 0.683. The molecule has 14 heavy (non-hydrogen) atoms. The fourth-order valence-corrected chi connectivity index (χ4v) is 3.12. The van der Waals surface area contributed by atoms with Crippen LogP contribution < -0.4 is 0 Å². The average molecular weight is 195 g/mol. The van der Waals surface area contributed by atoms with E-state index in [1.807, 2.05) is 13.0 Å². The maximum absolute atomic E-state index is 10.9. The monoisotopic (exact) mass is 195 g/mol. The molecule has 3 rings (SSSR count). The number of likely N-dealkylation sites (tertiary alicyclic amines) is 1. The summed E-state index contributed by atoms with van der Waals surface area (Å²) in [4.78, 5) is 12.5. The van der Waals surface area contributed by atoms with Crippen LogP contribution in [0.15, 0.2) is 12.2 Å². The Balaban J connectivity index is 1.84. The topological polar surface area (TPSA) is 49.5 Å². The van der Waals surface area contributed by atoms with Crippen molar-refractivity contribution in [2.75, 3.05) is 6.61 Å². The normalized spacial score (nSPS) is 46.9. The first kappa shape index (κ1) is 8.29. The van der Waals surface area contributed by atoms with Gasteiger partial charge in [0.25, 0.3) is 0 Å². The minimum Gasteiger partial charge on any atom is -0.465 e. The number of carboxylic acid groups (broad SMARTS) is 1. The Morgan fingerprint density at radius 3 is 3.00 bits per heavy atom. The fraction of sp³-hybridized carbons (Fsp3) is 0.700. The molecule has 4 unspecified atom stereocenters. The van der Waals surface area contributed by atoms with Gasteiger partial charge < -0.3 is 9.84 Å². The van der Waals surface area contributed by atoms with E-state index in [4.69, 9.17) is 9.84 Å². The lowest BCUT2D eigenvalue weighted by Crippen LogP contribution is -2.34. The van der Waals surface area contributed by atoms with Crippen molar-refractivity contribution in [1.29, 1.82) is 0 Å². The van der Waals surface area contributed by atoms with Crippen LogP contribution in [0.25, 0.3) is 0 Å². The van der Waals surface area contributed by atoms with E-state index in [2.05, 4.69) is 6.08 Å². The van der Waals surface area contributed by atoms with Gasteiger partial charge in [0.05, 0.1) is 17.7 Å². The van der Waals surface area contributed by atoms with Crippen molar-refractivity contribution in [2.24, 2.45) is 5.92 Å². The fourth-order valence-electron chi connectivity index (χ4n) is 3.12. The molecule has 1 heterocycles. The van der Waals surface area contributed by atoms with Gasteiger partial charge in [-0.1, -0.05) is 12.2 Å². The van der Waals surface area contributed by atoms with Gasteiger partial charge in [0.1, 0.15) is 0 Å². The molecule has 1 aliphatic heterocycles. The van der Waals surface area contributed by atoms with Crippen LogP contribution in [-0.4, -0.2) is 40.4 Å². The van der Waals surface area contributed by atoms with Crippen LogP contribution in [0.5, 0.6) is 0 Å². The van der Waals surface area contributed by atoms with Crippen LogP contribution in [0.4, 0.5) is 4.79 Å². The molecule has 0 aromatic carbocycles. The summed E-state index contributed by atoms with van der Waals surface area (Å²) in [5.74, 6) is 0.403. The summed E-state index contributed by atoms with van der Waals surface area (Å²) in [6.45, 7) is 2.62. The van der Waals surface area contributed by atoms with Gasteiger partial charge in [0.15, 0.2) is 0 Å². The Labute approximate surface area is 82.1 Å². The SMILES string of the molecule is CCOC1CC2C=CC23C1N3C(=O)O. The first-order valence-corrected chi connectivity index (χ1v) is 5.05. The van der Waals surface area contributed by atoms with Gasteiger partial charge >= 0.3 is 6.09 Å². The van der Waals surface area contributed by atoms with Crippen LogP contribution >= 0.6 is 0 Å². The Morgan fingerprint density at radius 2 is 2.57 bits per heavy atom. The van der Waals surface area contributed by atoms with E-state index >= 15 is 0 Å². The van der Waals surface area contributed by atoms with Gasteiger partial charge in [-0.25, -0.2) is 4.79 Å². The van der Waals surface area contributed by atoms with Gasteiger partial charge in [-0.2, -0.15) is 0 Å². The molecule has 0 bridgehead atoms. The number of hydrogen-bond donors (Lipinski definition) is 1. The number of rotatable bonds is 2. The second kappa shape index (κ2) is 2.31. The molecular formula is C10H13NO3. The predicted octanol–water partition coefficient (Wildman–Crippen LogP) is 1.08. The summed E-state index contributed by atoms with van der Waals surface area (Å²) >= 11 is 0. The maximum Gasteiger partial charge on any atom is 0.408 e. The highest BCUT2D eigenvalue weighted by molar-refractivity contribution is 5.75. The number of ether oxygens (including phenoxy) is 1. The van der Waals surface area contributed by atoms with Crippen molar-refractivity contribution in [3.8, 4) is 0 Å². The molecule has 0 aromatic heterocycles. The highest BCUT2D eigenvalue weighted by Crippen LogP contribution is 2.63. The molecule has 4 heteroatoms. The first-order chi connectivity index (χ1) is 6.71. The molecule has 1 saturated carbocycles. The third-order valence-corrected chi connectivity index (χ3v) is 3.72. The summed E-state index contributed by atoms with van der Waals surface area (Å²) in [6, 6.07) is 0.0925. The Bertz CT molecular complexity index is 327. The maximum atomic E-state index is 10.9.